The Bertz CT molecular complexity index is 970. The topological polar surface area (TPSA) is 26.3 Å². The lowest BCUT2D eigenvalue weighted by Gasteiger charge is -2.20. The smallest absolute Gasteiger partial charge is 0.312 e. The van der Waals surface area contributed by atoms with Gasteiger partial charge in [-0.3, -0.25) is 4.79 Å². The number of hydrogen-bond acceptors (Lipinski definition) is 3. The molecule has 0 amide bonds. The lowest BCUT2D eigenvalue weighted by molar-refractivity contribution is -0.156. The fourth-order valence-electron chi connectivity index (χ4n) is 2.64. The first-order chi connectivity index (χ1) is 13.4. The van der Waals surface area contributed by atoms with E-state index in [1.54, 1.807) is 11.3 Å². The molecule has 0 aliphatic heterocycles. The normalized spacial score (nSPS) is 12.0. The summed E-state index contributed by atoms with van der Waals surface area (Å²) in [7, 11) is 0. The van der Waals surface area contributed by atoms with E-state index in [1.165, 1.54) is 5.56 Å². The average Bonchev–Trinajstić information content (AvgIpc) is 3.13. The minimum atomic E-state index is -0.580. The Labute approximate surface area is 171 Å². The molecular weight excluding hydrogens is 364 g/mol. The molecule has 0 aliphatic carbocycles. The molecule has 142 valence electrons. The number of rotatable bonds is 4. The van der Waals surface area contributed by atoms with Gasteiger partial charge in [-0.05, 0) is 67.8 Å². The van der Waals surface area contributed by atoms with Crippen molar-refractivity contribution in [3.05, 3.63) is 93.7 Å². The van der Waals surface area contributed by atoms with Crippen molar-refractivity contribution in [2.24, 2.45) is 5.41 Å². The molecule has 28 heavy (non-hydrogen) atoms. The number of ether oxygens (including phenoxy) is 1. The highest BCUT2D eigenvalue weighted by atomic mass is 32.1. The molecule has 0 fully saturated rings. The summed E-state index contributed by atoms with van der Waals surface area (Å²) in [4.78, 5) is 13.6. The first kappa shape index (κ1) is 19.9. The van der Waals surface area contributed by atoms with Gasteiger partial charge in [0.1, 0.15) is 0 Å². The molecule has 1 heterocycles. The number of carbonyl (C=O) groups is 1. The van der Waals surface area contributed by atoms with Crippen molar-refractivity contribution in [3.8, 4) is 11.8 Å². The summed E-state index contributed by atoms with van der Waals surface area (Å²) in [6.07, 6.45) is 0.210. The molecule has 0 radical (unpaired) electrons. The largest absolute Gasteiger partial charge is 0.443 e. The van der Waals surface area contributed by atoms with Crippen molar-refractivity contribution in [1.29, 1.82) is 0 Å². The zero-order chi connectivity index (χ0) is 20.0. The molecule has 0 bridgehead atoms. The zero-order valence-corrected chi connectivity index (χ0v) is 17.3. The van der Waals surface area contributed by atoms with E-state index in [-0.39, 0.29) is 5.97 Å². The van der Waals surface area contributed by atoms with Crippen LogP contribution in [-0.4, -0.2) is 5.97 Å². The number of carbonyl (C=O) groups excluding carboxylic acids is 1. The molecular formula is C25H24O2S. The summed E-state index contributed by atoms with van der Waals surface area (Å²) >= 11 is 1.58. The Morgan fingerprint density at radius 3 is 2.29 bits per heavy atom. The van der Waals surface area contributed by atoms with E-state index in [9.17, 15) is 4.79 Å². The summed E-state index contributed by atoms with van der Waals surface area (Å²) in [5, 5.41) is 2.04. The second kappa shape index (κ2) is 8.91. The third kappa shape index (κ3) is 5.34. The molecule has 0 saturated carbocycles. The van der Waals surface area contributed by atoms with Gasteiger partial charge in [0.25, 0.3) is 0 Å². The SMILES string of the molecule is CC(C)(C)C(=O)OC(C#Cc1ccccc1)c1sccc1Cc1ccccc1. The van der Waals surface area contributed by atoms with Crippen LogP contribution in [0.15, 0.2) is 72.1 Å². The molecule has 1 aromatic heterocycles. The highest BCUT2D eigenvalue weighted by Crippen LogP contribution is 2.31. The summed E-state index contributed by atoms with van der Waals surface area (Å²) in [6, 6.07) is 22.1. The lowest BCUT2D eigenvalue weighted by atomic mass is 9.97. The monoisotopic (exact) mass is 388 g/mol. The third-order valence-electron chi connectivity index (χ3n) is 4.21. The van der Waals surface area contributed by atoms with Crippen molar-refractivity contribution < 1.29 is 9.53 Å². The predicted octanol–water partition coefficient (Wildman–Crippen LogP) is 6.02. The van der Waals surface area contributed by atoms with E-state index < -0.39 is 11.5 Å². The van der Waals surface area contributed by atoms with E-state index in [0.717, 1.165) is 22.4 Å². The Kier molecular flexibility index (Phi) is 6.34. The van der Waals surface area contributed by atoms with Crippen LogP contribution in [0.25, 0.3) is 0 Å². The van der Waals surface area contributed by atoms with Gasteiger partial charge >= 0.3 is 5.97 Å². The average molecular weight is 389 g/mol. The molecule has 0 aliphatic rings. The summed E-state index contributed by atoms with van der Waals surface area (Å²) in [6.45, 7) is 5.57. The highest BCUT2D eigenvalue weighted by molar-refractivity contribution is 7.10. The van der Waals surface area contributed by atoms with Crippen molar-refractivity contribution in [3.63, 3.8) is 0 Å². The van der Waals surface area contributed by atoms with Gasteiger partial charge in [0.2, 0.25) is 0 Å². The van der Waals surface area contributed by atoms with Crippen molar-refractivity contribution in [2.45, 2.75) is 33.3 Å². The molecule has 2 nitrogen and oxygen atoms in total. The van der Waals surface area contributed by atoms with Gasteiger partial charge in [-0.1, -0.05) is 54.5 Å². The van der Waals surface area contributed by atoms with Crippen LogP contribution < -0.4 is 0 Å². The number of hydrogen-bond donors (Lipinski definition) is 0. The summed E-state index contributed by atoms with van der Waals surface area (Å²) < 4.78 is 5.86. The second-order valence-corrected chi connectivity index (χ2v) is 8.59. The molecule has 3 rings (SSSR count). The van der Waals surface area contributed by atoms with E-state index in [1.807, 2.05) is 74.7 Å². The van der Waals surface area contributed by atoms with Crippen molar-refractivity contribution >= 4 is 17.3 Å². The van der Waals surface area contributed by atoms with Gasteiger partial charge in [-0.2, -0.15) is 0 Å². The third-order valence-corrected chi connectivity index (χ3v) is 5.22. The van der Waals surface area contributed by atoms with E-state index in [0.29, 0.717) is 0 Å². The first-order valence-corrected chi connectivity index (χ1v) is 10.2. The Morgan fingerprint density at radius 1 is 1.00 bits per heavy atom. The van der Waals surface area contributed by atoms with Crippen LogP contribution in [0.4, 0.5) is 0 Å². The van der Waals surface area contributed by atoms with E-state index >= 15 is 0 Å². The molecule has 3 aromatic rings. The van der Waals surface area contributed by atoms with Crippen LogP contribution in [0.5, 0.6) is 0 Å². The maximum atomic E-state index is 12.6. The van der Waals surface area contributed by atoms with Gasteiger partial charge in [0.05, 0.1) is 10.3 Å². The lowest BCUT2D eigenvalue weighted by Crippen LogP contribution is -2.24. The van der Waals surface area contributed by atoms with Gasteiger partial charge in [0.15, 0.2) is 6.10 Å². The molecule has 3 heteroatoms. The van der Waals surface area contributed by atoms with Gasteiger partial charge in [-0.15, -0.1) is 11.3 Å². The first-order valence-electron chi connectivity index (χ1n) is 9.31. The van der Waals surface area contributed by atoms with Crippen molar-refractivity contribution in [2.75, 3.05) is 0 Å². The Morgan fingerprint density at radius 2 is 1.64 bits per heavy atom. The fraction of sp³-hybridized carbons (Fsp3) is 0.240. The summed E-state index contributed by atoms with van der Waals surface area (Å²) in [5.74, 6) is 6.09. The molecule has 0 spiro atoms. The number of benzene rings is 2. The molecule has 2 aromatic carbocycles. The highest BCUT2D eigenvalue weighted by Gasteiger charge is 2.28. The molecule has 0 saturated heterocycles. The Balaban J connectivity index is 1.92. The van der Waals surface area contributed by atoms with Crippen molar-refractivity contribution in [1.82, 2.24) is 0 Å². The van der Waals surface area contributed by atoms with Crippen LogP contribution in [0.3, 0.4) is 0 Å². The van der Waals surface area contributed by atoms with Crippen LogP contribution >= 0.6 is 11.3 Å². The minimum Gasteiger partial charge on any atom is -0.443 e. The van der Waals surface area contributed by atoms with Gasteiger partial charge in [0, 0.05) is 5.56 Å². The molecule has 0 N–H and O–H groups in total. The van der Waals surface area contributed by atoms with E-state index in [2.05, 4.69) is 30.0 Å². The maximum absolute atomic E-state index is 12.6. The van der Waals surface area contributed by atoms with Crippen LogP contribution in [0, 0.1) is 17.3 Å². The zero-order valence-electron chi connectivity index (χ0n) is 16.4. The predicted molar refractivity (Wildman–Crippen MR) is 115 cm³/mol. The van der Waals surface area contributed by atoms with Crippen LogP contribution in [-0.2, 0) is 16.0 Å². The molecule has 1 atom stereocenters. The van der Waals surface area contributed by atoms with Crippen LogP contribution in [0.1, 0.15) is 48.4 Å². The summed E-state index contributed by atoms with van der Waals surface area (Å²) in [5.41, 5.74) is 2.69. The van der Waals surface area contributed by atoms with E-state index in [4.69, 9.17) is 4.74 Å². The number of thiophene rings is 1. The van der Waals surface area contributed by atoms with Gasteiger partial charge < -0.3 is 4.74 Å². The maximum Gasteiger partial charge on any atom is 0.312 e. The van der Waals surface area contributed by atoms with Crippen LogP contribution in [0.2, 0.25) is 0 Å². The molecule has 1 unspecified atom stereocenters. The standard InChI is InChI=1S/C25H24O2S/c1-25(2,3)24(26)27-22(15-14-19-10-6-4-7-11-19)23-21(16-17-28-23)18-20-12-8-5-9-13-20/h4-13,16-17,22H,18H2,1-3H3. The quantitative estimate of drug-likeness (QED) is 0.403. The second-order valence-electron chi connectivity index (χ2n) is 7.64. The Hall–Kier alpha value is -2.83. The minimum absolute atomic E-state index is 0.251. The van der Waals surface area contributed by atoms with Gasteiger partial charge in [-0.25, -0.2) is 0 Å². The fourth-order valence-corrected chi connectivity index (χ4v) is 3.54. The number of esters is 1.